The van der Waals surface area contributed by atoms with Gasteiger partial charge in [0.25, 0.3) is 0 Å². The van der Waals surface area contributed by atoms with Crippen molar-refractivity contribution in [2.24, 2.45) is 0 Å². The highest BCUT2D eigenvalue weighted by molar-refractivity contribution is 6.32. The molecule has 5 heteroatoms. The number of phenols is 1. The smallest absolute Gasteiger partial charge is 0.233 e. The van der Waals surface area contributed by atoms with E-state index >= 15 is 0 Å². The summed E-state index contributed by atoms with van der Waals surface area (Å²) in [5.74, 6) is -0.00316. The molecule has 0 saturated heterocycles. The van der Waals surface area contributed by atoms with E-state index in [2.05, 4.69) is 10.6 Å². The topological polar surface area (TPSA) is 61.4 Å². The number of carbonyl (C=O) groups excluding carboxylic acids is 1. The molecule has 0 aliphatic heterocycles. The third-order valence-electron chi connectivity index (χ3n) is 2.05. The summed E-state index contributed by atoms with van der Waals surface area (Å²) < 4.78 is 0. The monoisotopic (exact) mass is 242 g/mol. The van der Waals surface area contributed by atoms with Gasteiger partial charge in [0.2, 0.25) is 5.91 Å². The Hall–Kier alpha value is -1.26. The molecule has 0 atom stereocenters. The van der Waals surface area contributed by atoms with E-state index in [0.29, 0.717) is 23.7 Å². The van der Waals surface area contributed by atoms with Gasteiger partial charge in [-0.25, -0.2) is 0 Å². The van der Waals surface area contributed by atoms with Gasteiger partial charge in [0.05, 0.1) is 11.6 Å². The highest BCUT2D eigenvalue weighted by Crippen LogP contribution is 2.26. The summed E-state index contributed by atoms with van der Waals surface area (Å²) in [5.41, 5.74) is 0.678. The third kappa shape index (κ3) is 3.72. The van der Waals surface area contributed by atoms with Gasteiger partial charge in [0.15, 0.2) is 0 Å². The Kier molecular flexibility index (Phi) is 5.08. The second-order valence-electron chi connectivity index (χ2n) is 3.30. The molecule has 1 aromatic rings. The number of para-hydroxylation sites is 1. The van der Waals surface area contributed by atoms with Gasteiger partial charge in [0.1, 0.15) is 5.75 Å². The molecule has 0 spiro atoms. The molecule has 0 aliphatic carbocycles. The number of halogens is 1. The number of likely N-dealkylation sites (N-methyl/N-ethyl adjacent to an activating group) is 1. The lowest BCUT2D eigenvalue weighted by Crippen LogP contribution is -2.33. The summed E-state index contributed by atoms with van der Waals surface area (Å²) in [6, 6.07) is 5.13. The molecule has 4 nitrogen and oxygen atoms in total. The van der Waals surface area contributed by atoms with Crippen molar-refractivity contribution in [3.8, 4) is 5.75 Å². The summed E-state index contributed by atoms with van der Waals surface area (Å²) in [7, 11) is 0. The van der Waals surface area contributed by atoms with Crippen LogP contribution in [0.5, 0.6) is 5.75 Å². The SMILES string of the molecule is CCNC(=O)CNCc1cccc(Cl)c1O. The first kappa shape index (κ1) is 12.8. The minimum atomic E-state index is -0.0657. The van der Waals surface area contributed by atoms with Crippen molar-refractivity contribution in [1.29, 1.82) is 0 Å². The average molecular weight is 243 g/mol. The van der Waals surface area contributed by atoms with Crippen molar-refractivity contribution in [2.45, 2.75) is 13.5 Å². The van der Waals surface area contributed by atoms with Gasteiger partial charge in [-0.15, -0.1) is 0 Å². The van der Waals surface area contributed by atoms with Crippen LogP contribution in [-0.2, 0) is 11.3 Å². The van der Waals surface area contributed by atoms with Crippen LogP contribution in [0.2, 0.25) is 5.02 Å². The predicted octanol–water partition coefficient (Wildman–Crippen LogP) is 1.27. The summed E-state index contributed by atoms with van der Waals surface area (Å²) in [6.45, 7) is 3.10. The number of amides is 1. The molecule has 0 saturated carbocycles. The molecule has 0 bridgehead atoms. The van der Waals surface area contributed by atoms with Gasteiger partial charge in [-0.3, -0.25) is 4.79 Å². The first-order valence-electron chi connectivity index (χ1n) is 5.09. The molecule has 0 unspecified atom stereocenters. The van der Waals surface area contributed by atoms with Crippen LogP contribution in [0.4, 0.5) is 0 Å². The summed E-state index contributed by atoms with van der Waals surface area (Å²) >= 11 is 5.75. The minimum Gasteiger partial charge on any atom is -0.506 e. The van der Waals surface area contributed by atoms with E-state index in [9.17, 15) is 9.90 Å². The number of aromatic hydroxyl groups is 1. The van der Waals surface area contributed by atoms with Gasteiger partial charge >= 0.3 is 0 Å². The minimum absolute atomic E-state index is 0.0626. The molecule has 0 fully saturated rings. The fraction of sp³-hybridized carbons (Fsp3) is 0.364. The predicted molar refractivity (Wildman–Crippen MR) is 63.5 cm³/mol. The number of benzene rings is 1. The van der Waals surface area contributed by atoms with E-state index in [-0.39, 0.29) is 18.2 Å². The second-order valence-corrected chi connectivity index (χ2v) is 3.71. The van der Waals surface area contributed by atoms with Crippen LogP contribution in [0, 0.1) is 0 Å². The van der Waals surface area contributed by atoms with E-state index in [1.165, 1.54) is 0 Å². The van der Waals surface area contributed by atoms with Gasteiger partial charge in [-0.1, -0.05) is 23.7 Å². The average Bonchev–Trinajstić information content (AvgIpc) is 2.25. The Morgan fingerprint density at radius 3 is 2.94 bits per heavy atom. The molecule has 1 amide bonds. The molecule has 0 aliphatic rings. The van der Waals surface area contributed by atoms with Crippen LogP contribution in [0.25, 0.3) is 0 Å². The molecule has 1 aromatic carbocycles. The molecule has 88 valence electrons. The zero-order valence-electron chi connectivity index (χ0n) is 9.09. The van der Waals surface area contributed by atoms with E-state index in [0.717, 1.165) is 0 Å². The maximum atomic E-state index is 11.1. The fourth-order valence-electron chi connectivity index (χ4n) is 1.27. The number of rotatable bonds is 5. The first-order valence-corrected chi connectivity index (χ1v) is 5.46. The lowest BCUT2D eigenvalue weighted by molar-refractivity contribution is -0.120. The van der Waals surface area contributed by atoms with Gasteiger partial charge in [0, 0.05) is 18.7 Å². The van der Waals surface area contributed by atoms with Crippen molar-refractivity contribution in [3.63, 3.8) is 0 Å². The zero-order chi connectivity index (χ0) is 12.0. The van der Waals surface area contributed by atoms with E-state index in [4.69, 9.17) is 11.6 Å². The Morgan fingerprint density at radius 1 is 1.50 bits per heavy atom. The Labute approximate surface area is 99.6 Å². The molecule has 16 heavy (non-hydrogen) atoms. The first-order chi connectivity index (χ1) is 7.65. The molecule has 1 rings (SSSR count). The van der Waals surface area contributed by atoms with Crippen molar-refractivity contribution in [1.82, 2.24) is 10.6 Å². The van der Waals surface area contributed by atoms with Crippen molar-refractivity contribution in [2.75, 3.05) is 13.1 Å². The Morgan fingerprint density at radius 2 is 2.25 bits per heavy atom. The normalized spacial score (nSPS) is 10.1. The lowest BCUT2D eigenvalue weighted by atomic mass is 10.2. The van der Waals surface area contributed by atoms with Crippen LogP contribution in [-0.4, -0.2) is 24.1 Å². The van der Waals surface area contributed by atoms with Crippen molar-refractivity contribution >= 4 is 17.5 Å². The number of hydrogen-bond acceptors (Lipinski definition) is 3. The molecule has 0 radical (unpaired) electrons. The third-order valence-corrected chi connectivity index (χ3v) is 2.35. The van der Waals surface area contributed by atoms with E-state index < -0.39 is 0 Å². The van der Waals surface area contributed by atoms with Gasteiger partial charge in [-0.05, 0) is 13.0 Å². The van der Waals surface area contributed by atoms with Crippen molar-refractivity contribution < 1.29 is 9.90 Å². The van der Waals surface area contributed by atoms with Crippen LogP contribution in [0.15, 0.2) is 18.2 Å². The van der Waals surface area contributed by atoms with E-state index in [1.54, 1.807) is 18.2 Å². The summed E-state index contributed by atoms with van der Waals surface area (Å²) in [4.78, 5) is 11.1. The Bertz CT molecular complexity index is 369. The van der Waals surface area contributed by atoms with Crippen LogP contribution in [0.1, 0.15) is 12.5 Å². The fourth-order valence-corrected chi connectivity index (χ4v) is 1.47. The lowest BCUT2D eigenvalue weighted by Gasteiger charge is -2.07. The quantitative estimate of drug-likeness (QED) is 0.729. The molecular weight excluding hydrogens is 228 g/mol. The van der Waals surface area contributed by atoms with Crippen LogP contribution in [0.3, 0.4) is 0 Å². The van der Waals surface area contributed by atoms with Crippen molar-refractivity contribution in [3.05, 3.63) is 28.8 Å². The Balaban J connectivity index is 2.43. The van der Waals surface area contributed by atoms with Gasteiger partial charge in [-0.2, -0.15) is 0 Å². The second kappa shape index (κ2) is 6.35. The molecule has 0 aromatic heterocycles. The zero-order valence-corrected chi connectivity index (χ0v) is 9.84. The molecular formula is C11H15ClN2O2. The van der Waals surface area contributed by atoms with Crippen LogP contribution >= 0.6 is 11.6 Å². The maximum absolute atomic E-state index is 11.1. The summed E-state index contributed by atoms with van der Waals surface area (Å²) in [6.07, 6.45) is 0. The number of phenolic OH excluding ortho intramolecular Hbond substituents is 1. The number of nitrogens with one attached hydrogen (secondary N) is 2. The van der Waals surface area contributed by atoms with Gasteiger partial charge < -0.3 is 15.7 Å². The molecule has 3 N–H and O–H groups in total. The maximum Gasteiger partial charge on any atom is 0.233 e. The summed E-state index contributed by atoms with van der Waals surface area (Å²) in [5, 5.41) is 15.5. The van der Waals surface area contributed by atoms with Crippen LogP contribution < -0.4 is 10.6 Å². The van der Waals surface area contributed by atoms with E-state index in [1.807, 2.05) is 6.92 Å². The number of carbonyl (C=O) groups is 1. The molecule has 0 heterocycles. The highest BCUT2D eigenvalue weighted by atomic mass is 35.5. The highest BCUT2D eigenvalue weighted by Gasteiger charge is 2.05. The standard InChI is InChI=1S/C11H15ClN2O2/c1-2-14-10(15)7-13-6-8-4-3-5-9(12)11(8)16/h3-5,13,16H,2,6-7H2,1H3,(H,14,15). The largest absolute Gasteiger partial charge is 0.506 e. The number of hydrogen-bond donors (Lipinski definition) is 3.